The Morgan fingerprint density at radius 3 is 2.33 bits per heavy atom. The van der Waals surface area contributed by atoms with Gasteiger partial charge < -0.3 is 29.0 Å². The van der Waals surface area contributed by atoms with E-state index in [4.69, 9.17) is 23.7 Å². The summed E-state index contributed by atoms with van der Waals surface area (Å²) in [7, 11) is 5.71. The second kappa shape index (κ2) is 9.04. The second-order valence-electron chi connectivity index (χ2n) is 6.12. The van der Waals surface area contributed by atoms with E-state index >= 15 is 0 Å². The van der Waals surface area contributed by atoms with Crippen molar-refractivity contribution in [1.82, 2.24) is 0 Å². The van der Waals surface area contributed by atoms with Gasteiger partial charge in [-0.25, -0.2) is 4.79 Å². The van der Waals surface area contributed by atoms with E-state index in [9.17, 15) is 9.59 Å². The predicted molar refractivity (Wildman–Crippen MR) is 110 cm³/mol. The molecule has 156 valence electrons. The summed E-state index contributed by atoms with van der Waals surface area (Å²) >= 11 is 0. The van der Waals surface area contributed by atoms with E-state index < -0.39 is 11.9 Å². The third kappa shape index (κ3) is 4.22. The highest BCUT2D eigenvalue weighted by Crippen LogP contribution is 2.34. The third-order valence-electron chi connectivity index (χ3n) is 4.41. The Bertz CT molecular complexity index is 1040. The molecule has 1 aliphatic rings. The van der Waals surface area contributed by atoms with Crippen LogP contribution in [0, 0.1) is 0 Å². The Morgan fingerprint density at radius 1 is 0.933 bits per heavy atom. The SMILES string of the molecule is COC(=O)c1cc(OC)c(OC)cc1NC(=O)C1=Cc2cc(OC)ccc2OC=C1. The first-order valence-electron chi connectivity index (χ1n) is 8.89. The van der Waals surface area contributed by atoms with Gasteiger partial charge in [-0.3, -0.25) is 4.79 Å². The smallest absolute Gasteiger partial charge is 0.340 e. The summed E-state index contributed by atoms with van der Waals surface area (Å²) in [6.07, 6.45) is 4.61. The van der Waals surface area contributed by atoms with Crippen molar-refractivity contribution in [2.45, 2.75) is 0 Å². The van der Waals surface area contributed by atoms with Crippen LogP contribution in [0.15, 0.2) is 48.2 Å². The van der Waals surface area contributed by atoms with Crippen LogP contribution in [0.2, 0.25) is 0 Å². The summed E-state index contributed by atoms with van der Waals surface area (Å²) in [6.45, 7) is 0. The Kier molecular flexibility index (Phi) is 6.26. The average Bonchev–Trinajstić information content (AvgIpc) is 2.99. The highest BCUT2D eigenvalue weighted by molar-refractivity contribution is 6.11. The van der Waals surface area contributed by atoms with Crippen molar-refractivity contribution in [2.24, 2.45) is 0 Å². The number of fused-ring (bicyclic) bond motifs is 1. The lowest BCUT2D eigenvalue weighted by Crippen LogP contribution is -2.17. The molecule has 0 unspecified atom stereocenters. The molecule has 0 bridgehead atoms. The molecule has 30 heavy (non-hydrogen) atoms. The number of amides is 1. The van der Waals surface area contributed by atoms with Crippen molar-refractivity contribution in [2.75, 3.05) is 33.8 Å². The van der Waals surface area contributed by atoms with Crippen molar-refractivity contribution in [1.29, 1.82) is 0 Å². The van der Waals surface area contributed by atoms with Crippen molar-refractivity contribution >= 4 is 23.6 Å². The molecular weight excluding hydrogens is 390 g/mol. The van der Waals surface area contributed by atoms with Crippen LogP contribution in [0.5, 0.6) is 23.0 Å². The molecule has 2 aromatic rings. The summed E-state index contributed by atoms with van der Waals surface area (Å²) in [5.74, 6) is 0.806. The number of nitrogens with one attached hydrogen (secondary N) is 1. The van der Waals surface area contributed by atoms with Gasteiger partial charge in [0.05, 0.1) is 46.0 Å². The van der Waals surface area contributed by atoms with Gasteiger partial charge in [0.1, 0.15) is 11.5 Å². The lowest BCUT2D eigenvalue weighted by Gasteiger charge is -2.14. The number of methoxy groups -OCH3 is 4. The molecule has 0 aromatic heterocycles. The van der Waals surface area contributed by atoms with Crippen molar-refractivity contribution < 1.29 is 33.3 Å². The van der Waals surface area contributed by atoms with Crippen LogP contribution in [0.1, 0.15) is 15.9 Å². The summed E-state index contributed by atoms with van der Waals surface area (Å²) in [6, 6.07) is 8.21. The first-order chi connectivity index (χ1) is 14.5. The molecule has 1 amide bonds. The number of ether oxygens (including phenoxy) is 5. The standard InChI is InChI=1S/C22H21NO7/c1-26-15-5-6-18-14(10-15)9-13(7-8-30-18)21(24)23-17-12-20(28-3)19(27-2)11-16(17)22(25)29-4/h5-12H,1-4H3,(H,23,24). The molecule has 0 radical (unpaired) electrons. The Morgan fingerprint density at radius 2 is 1.67 bits per heavy atom. The highest BCUT2D eigenvalue weighted by atomic mass is 16.5. The molecule has 1 heterocycles. The fourth-order valence-corrected chi connectivity index (χ4v) is 2.87. The van der Waals surface area contributed by atoms with Gasteiger partial charge >= 0.3 is 5.97 Å². The van der Waals surface area contributed by atoms with Crippen LogP contribution in [0.3, 0.4) is 0 Å². The number of esters is 1. The van der Waals surface area contributed by atoms with Gasteiger partial charge in [-0.2, -0.15) is 0 Å². The summed E-state index contributed by atoms with van der Waals surface area (Å²) in [4.78, 5) is 25.2. The van der Waals surface area contributed by atoms with Crippen molar-refractivity contribution in [3.8, 4) is 23.0 Å². The van der Waals surface area contributed by atoms with Gasteiger partial charge in [-0.1, -0.05) is 0 Å². The quantitative estimate of drug-likeness (QED) is 0.728. The second-order valence-corrected chi connectivity index (χ2v) is 6.12. The number of rotatable bonds is 6. The molecule has 2 aromatic carbocycles. The molecule has 0 spiro atoms. The molecule has 8 nitrogen and oxygen atoms in total. The van der Waals surface area contributed by atoms with E-state index in [0.717, 1.165) is 0 Å². The van der Waals surface area contributed by atoms with Crippen molar-refractivity contribution in [3.05, 3.63) is 59.4 Å². The average molecular weight is 411 g/mol. The molecule has 0 fully saturated rings. The molecule has 8 heteroatoms. The van der Waals surface area contributed by atoms with E-state index in [-0.39, 0.29) is 11.3 Å². The minimum atomic E-state index is -0.630. The monoisotopic (exact) mass is 411 g/mol. The topological polar surface area (TPSA) is 92.3 Å². The lowest BCUT2D eigenvalue weighted by molar-refractivity contribution is -0.112. The van der Waals surface area contributed by atoms with E-state index in [0.29, 0.717) is 34.1 Å². The van der Waals surface area contributed by atoms with Crippen LogP contribution < -0.4 is 24.3 Å². The van der Waals surface area contributed by atoms with Crippen molar-refractivity contribution in [3.63, 3.8) is 0 Å². The first-order valence-corrected chi connectivity index (χ1v) is 8.89. The molecule has 0 saturated heterocycles. The molecule has 3 rings (SSSR count). The van der Waals surface area contributed by atoms with E-state index in [1.165, 1.54) is 45.8 Å². The Balaban J connectivity index is 1.98. The minimum absolute atomic E-state index is 0.125. The summed E-state index contributed by atoms with van der Waals surface area (Å²) in [5, 5.41) is 2.73. The van der Waals surface area contributed by atoms with Crippen LogP contribution in [0.25, 0.3) is 6.08 Å². The maximum atomic E-state index is 13.0. The molecule has 1 N–H and O–H groups in total. The molecular formula is C22H21NO7. The predicted octanol–water partition coefficient (Wildman–Crippen LogP) is 3.43. The highest BCUT2D eigenvalue weighted by Gasteiger charge is 2.21. The Hall–Kier alpha value is -3.94. The number of benzene rings is 2. The number of hydrogen-bond donors (Lipinski definition) is 1. The van der Waals surface area contributed by atoms with Gasteiger partial charge in [0.15, 0.2) is 11.5 Å². The molecule has 0 atom stereocenters. The lowest BCUT2D eigenvalue weighted by atomic mass is 10.1. The zero-order valence-electron chi connectivity index (χ0n) is 17.0. The van der Waals surface area contributed by atoms with Crippen LogP contribution in [-0.4, -0.2) is 40.3 Å². The molecule has 0 saturated carbocycles. The first kappa shape index (κ1) is 20.8. The molecule has 1 aliphatic heterocycles. The maximum absolute atomic E-state index is 13.0. The zero-order valence-corrected chi connectivity index (χ0v) is 17.0. The van der Waals surface area contributed by atoms with Crippen LogP contribution >= 0.6 is 0 Å². The fraction of sp³-hybridized carbons (Fsp3) is 0.182. The number of carbonyl (C=O) groups is 2. The van der Waals surface area contributed by atoms with Gasteiger partial charge in [0.2, 0.25) is 0 Å². The Labute approximate surface area is 173 Å². The zero-order chi connectivity index (χ0) is 21.7. The van der Waals surface area contributed by atoms with Gasteiger partial charge in [-0.15, -0.1) is 0 Å². The number of carbonyl (C=O) groups excluding carboxylic acids is 2. The maximum Gasteiger partial charge on any atom is 0.340 e. The fourth-order valence-electron chi connectivity index (χ4n) is 2.87. The van der Waals surface area contributed by atoms with E-state index in [1.807, 2.05) is 0 Å². The minimum Gasteiger partial charge on any atom is -0.497 e. The largest absolute Gasteiger partial charge is 0.497 e. The summed E-state index contributed by atoms with van der Waals surface area (Å²) < 4.78 is 26.1. The van der Waals surface area contributed by atoms with Crippen LogP contribution in [0.4, 0.5) is 5.69 Å². The van der Waals surface area contributed by atoms with Gasteiger partial charge in [0.25, 0.3) is 5.91 Å². The van der Waals surface area contributed by atoms with E-state index in [1.54, 1.807) is 31.4 Å². The summed E-state index contributed by atoms with van der Waals surface area (Å²) in [5.41, 5.74) is 1.33. The molecule has 0 aliphatic carbocycles. The number of hydrogen-bond acceptors (Lipinski definition) is 7. The van der Waals surface area contributed by atoms with Gasteiger partial charge in [-0.05, 0) is 30.4 Å². The third-order valence-corrected chi connectivity index (χ3v) is 4.41. The van der Waals surface area contributed by atoms with Crippen LogP contribution in [-0.2, 0) is 9.53 Å². The van der Waals surface area contributed by atoms with E-state index in [2.05, 4.69) is 5.32 Å². The van der Waals surface area contributed by atoms with Gasteiger partial charge in [0, 0.05) is 23.3 Å². The number of anilines is 1. The normalized spacial score (nSPS) is 11.9.